The second-order valence-corrected chi connectivity index (χ2v) is 9.30. The van der Waals surface area contributed by atoms with E-state index in [9.17, 15) is 22.4 Å². The van der Waals surface area contributed by atoms with Crippen LogP contribution in [0.2, 0.25) is 10.0 Å². The molecule has 2 N–H and O–H groups in total. The Morgan fingerprint density at radius 1 is 1.08 bits per heavy atom. The first-order valence-electron chi connectivity index (χ1n) is 11.1. The molecule has 1 amide bonds. The monoisotopic (exact) mass is 541 g/mol. The quantitative estimate of drug-likeness (QED) is 0.207. The molecule has 1 heterocycles. The van der Waals surface area contributed by atoms with Crippen LogP contribution >= 0.6 is 23.2 Å². The summed E-state index contributed by atoms with van der Waals surface area (Å²) in [5.74, 6) is -1.59. The van der Waals surface area contributed by atoms with Gasteiger partial charge in [-0.3, -0.25) is 10.1 Å². The van der Waals surface area contributed by atoms with E-state index in [0.717, 1.165) is 31.0 Å². The number of nitrogens with one attached hydrogen (secondary N) is 2. The first kappa shape index (κ1) is 26.0. The van der Waals surface area contributed by atoms with Crippen molar-refractivity contribution in [2.24, 2.45) is 4.99 Å². The van der Waals surface area contributed by atoms with Crippen LogP contribution in [-0.4, -0.2) is 21.6 Å². The molecule has 0 bridgehead atoms. The number of aryl methyl sites for hydroxylation is 1. The van der Waals surface area contributed by atoms with Crippen molar-refractivity contribution < 1.29 is 22.4 Å². The van der Waals surface area contributed by atoms with E-state index in [4.69, 9.17) is 23.2 Å². The van der Waals surface area contributed by atoms with Gasteiger partial charge in [0.05, 0.1) is 6.04 Å². The van der Waals surface area contributed by atoms with Crippen LogP contribution in [0.4, 0.5) is 29.1 Å². The summed E-state index contributed by atoms with van der Waals surface area (Å²) in [5, 5.41) is 9.59. The summed E-state index contributed by atoms with van der Waals surface area (Å²) < 4.78 is 55.6. The number of benzene rings is 2. The van der Waals surface area contributed by atoms with Gasteiger partial charge in [-0.25, -0.2) is 9.07 Å². The number of amides is 1. The van der Waals surface area contributed by atoms with Crippen LogP contribution in [0, 0.1) is 12.7 Å². The van der Waals surface area contributed by atoms with Crippen LogP contribution < -0.4 is 10.6 Å². The van der Waals surface area contributed by atoms with E-state index in [2.05, 4.69) is 20.7 Å². The molecule has 1 saturated carbocycles. The van der Waals surface area contributed by atoms with E-state index in [1.807, 2.05) is 0 Å². The Morgan fingerprint density at radius 3 is 2.44 bits per heavy atom. The molecule has 0 atom stereocenters. The number of carbonyl (C=O) groups excluding carboxylic acids is 1. The number of guanidine groups is 1. The average Bonchev–Trinajstić information content (AvgIpc) is 3.42. The molecular weight excluding hydrogens is 521 g/mol. The van der Waals surface area contributed by atoms with Gasteiger partial charge in [0.25, 0.3) is 5.91 Å². The van der Waals surface area contributed by atoms with Crippen LogP contribution in [-0.2, 0) is 6.18 Å². The molecule has 190 valence electrons. The summed E-state index contributed by atoms with van der Waals surface area (Å²) in [6.07, 6.45) is -1.66. The molecule has 6 nitrogen and oxygen atoms in total. The van der Waals surface area contributed by atoms with Crippen LogP contribution in [0.1, 0.15) is 53.3 Å². The molecule has 0 aliphatic heterocycles. The van der Waals surface area contributed by atoms with Crippen molar-refractivity contribution >= 4 is 46.6 Å². The number of aliphatic imine (C=N–C) groups is 1. The van der Waals surface area contributed by atoms with Crippen molar-refractivity contribution in [3.05, 3.63) is 75.1 Å². The largest absolute Gasteiger partial charge is 0.435 e. The van der Waals surface area contributed by atoms with Crippen LogP contribution in [0.25, 0.3) is 0 Å². The Hall–Kier alpha value is -3.11. The lowest BCUT2D eigenvalue weighted by Gasteiger charge is -2.15. The summed E-state index contributed by atoms with van der Waals surface area (Å²) in [5.41, 5.74) is -0.119. The SMILES string of the molecule is Cc1cc(Cl)ccc1C(=O)N/C(=N/c1cc(C(F)(F)F)nn1C1CCCC1)Nc1cc(F)cc(Cl)c1. The van der Waals surface area contributed by atoms with Crippen molar-refractivity contribution in [1.29, 1.82) is 0 Å². The van der Waals surface area contributed by atoms with Gasteiger partial charge in [-0.15, -0.1) is 0 Å². The number of carbonyl (C=O) groups is 1. The number of halogens is 6. The number of alkyl halides is 3. The molecule has 1 fully saturated rings. The smallest absolute Gasteiger partial charge is 0.325 e. The minimum Gasteiger partial charge on any atom is -0.325 e. The van der Waals surface area contributed by atoms with Crippen LogP contribution in [0.15, 0.2) is 47.5 Å². The average molecular weight is 542 g/mol. The maximum atomic E-state index is 13.9. The normalized spacial score (nSPS) is 14.8. The third-order valence-electron chi connectivity index (χ3n) is 5.69. The first-order chi connectivity index (χ1) is 17.0. The standard InChI is InChI=1S/C24H21Cl2F4N5O/c1-13-8-14(25)6-7-19(13)22(36)33-23(31-17-10-15(26)9-16(27)11-17)32-21-12-20(24(28,29)30)34-35(21)18-4-2-3-5-18/h6-12,18H,2-5H2,1H3,(H2,31,32,33,36). The molecule has 12 heteroatoms. The molecular formula is C24H21Cl2F4N5O. The minimum atomic E-state index is -4.68. The van der Waals surface area contributed by atoms with Crippen molar-refractivity contribution in [2.45, 2.75) is 44.8 Å². The number of aromatic nitrogens is 2. The van der Waals surface area contributed by atoms with Crippen molar-refractivity contribution in [2.75, 3.05) is 5.32 Å². The Morgan fingerprint density at radius 2 is 1.81 bits per heavy atom. The van der Waals surface area contributed by atoms with Gasteiger partial charge in [0, 0.05) is 27.4 Å². The third kappa shape index (κ3) is 6.17. The summed E-state index contributed by atoms with van der Waals surface area (Å²) in [6, 6.07) is 8.77. The number of hydrogen-bond donors (Lipinski definition) is 2. The van der Waals surface area contributed by atoms with E-state index >= 15 is 0 Å². The second-order valence-electron chi connectivity index (χ2n) is 8.43. The highest BCUT2D eigenvalue weighted by molar-refractivity contribution is 6.31. The zero-order chi connectivity index (χ0) is 26.0. The first-order valence-corrected chi connectivity index (χ1v) is 11.8. The van der Waals surface area contributed by atoms with Gasteiger partial charge in [-0.1, -0.05) is 36.0 Å². The lowest BCUT2D eigenvalue weighted by molar-refractivity contribution is -0.141. The van der Waals surface area contributed by atoms with Crippen molar-refractivity contribution in [3.63, 3.8) is 0 Å². The molecule has 2 aromatic carbocycles. The van der Waals surface area contributed by atoms with Gasteiger partial charge in [-0.2, -0.15) is 23.3 Å². The van der Waals surface area contributed by atoms with Crippen LogP contribution in [0.3, 0.4) is 0 Å². The fourth-order valence-electron chi connectivity index (χ4n) is 4.05. The molecule has 0 spiro atoms. The molecule has 0 unspecified atom stereocenters. The third-order valence-corrected chi connectivity index (χ3v) is 6.15. The highest BCUT2D eigenvalue weighted by Gasteiger charge is 2.36. The minimum absolute atomic E-state index is 0.0760. The number of anilines is 1. The molecule has 0 radical (unpaired) electrons. The highest BCUT2D eigenvalue weighted by atomic mass is 35.5. The summed E-state index contributed by atoms with van der Waals surface area (Å²) in [6.45, 7) is 1.68. The molecule has 36 heavy (non-hydrogen) atoms. The van der Waals surface area contributed by atoms with Crippen molar-refractivity contribution in [1.82, 2.24) is 15.1 Å². The fourth-order valence-corrected chi connectivity index (χ4v) is 4.49. The number of rotatable bonds is 4. The Balaban J connectivity index is 1.76. The second kappa shape index (κ2) is 10.5. The maximum Gasteiger partial charge on any atom is 0.435 e. The number of hydrogen-bond acceptors (Lipinski definition) is 3. The summed E-state index contributed by atoms with van der Waals surface area (Å²) in [7, 11) is 0. The van der Waals surface area contributed by atoms with Crippen LogP contribution in [0.5, 0.6) is 0 Å². The lowest BCUT2D eigenvalue weighted by atomic mass is 10.1. The summed E-state index contributed by atoms with van der Waals surface area (Å²) >= 11 is 11.9. The fraction of sp³-hybridized carbons (Fsp3) is 0.292. The molecule has 4 rings (SSSR count). The van der Waals surface area contributed by atoms with E-state index in [1.54, 1.807) is 13.0 Å². The molecule has 0 saturated heterocycles. The zero-order valence-corrected chi connectivity index (χ0v) is 20.5. The lowest BCUT2D eigenvalue weighted by Crippen LogP contribution is -2.36. The summed E-state index contributed by atoms with van der Waals surface area (Å²) in [4.78, 5) is 17.3. The van der Waals surface area contributed by atoms with Gasteiger partial charge in [0.2, 0.25) is 5.96 Å². The van der Waals surface area contributed by atoms with Gasteiger partial charge in [0.15, 0.2) is 11.5 Å². The van der Waals surface area contributed by atoms with E-state index in [1.165, 1.54) is 22.9 Å². The predicted molar refractivity (Wildman–Crippen MR) is 131 cm³/mol. The molecule has 1 aliphatic rings. The zero-order valence-electron chi connectivity index (χ0n) is 19.0. The molecule has 1 aliphatic carbocycles. The van der Waals surface area contributed by atoms with Gasteiger partial charge in [-0.05, 0) is 61.7 Å². The van der Waals surface area contributed by atoms with E-state index in [-0.39, 0.29) is 34.1 Å². The van der Waals surface area contributed by atoms with Gasteiger partial charge < -0.3 is 5.32 Å². The Labute approximate surface area is 214 Å². The predicted octanol–water partition coefficient (Wildman–Crippen LogP) is 7.30. The van der Waals surface area contributed by atoms with E-state index < -0.39 is 23.6 Å². The Bertz CT molecular complexity index is 1300. The van der Waals surface area contributed by atoms with Gasteiger partial charge >= 0.3 is 6.18 Å². The highest BCUT2D eigenvalue weighted by Crippen LogP contribution is 2.37. The van der Waals surface area contributed by atoms with E-state index in [0.29, 0.717) is 23.4 Å². The maximum absolute atomic E-state index is 13.9. The van der Waals surface area contributed by atoms with Gasteiger partial charge in [0.1, 0.15) is 5.82 Å². The molecule has 3 aromatic rings. The topological polar surface area (TPSA) is 71.3 Å². The van der Waals surface area contributed by atoms with Crippen molar-refractivity contribution in [3.8, 4) is 0 Å². The number of nitrogens with zero attached hydrogens (tertiary/aromatic N) is 3. The Kier molecular flexibility index (Phi) is 7.56. The molecule has 1 aromatic heterocycles.